The molecule has 104 valence electrons. The van der Waals surface area contributed by atoms with Crippen molar-refractivity contribution in [1.29, 1.82) is 5.26 Å². The molecule has 0 radical (unpaired) electrons. The lowest BCUT2D eigenvalue weighted by Crippen LogP contribution is -2.06. The highest BCUT2D eigenvalue weighted by Gasteiger charge is 2.10. The van der Waals surface area contributed by atoms with Crippen molar-refractivity contribution in [2.75, 3.05) is 7.11 Å². The summed E-state index contributed by atoms with van der Waals surface area (Å²) in [5.74, 6) is -0.469. The van der Waals surface area contributed by atoms with E-state index in [2.05, 4.69) is 26.2 Å². The van der Waals surface area contributed by atoms with Crippen LogP contribution in [0, 0.1) is 11.3 Å². The molecule has 0 aromatic carbocycles. The molecule has 2 rings (SSSR count). The van der Waals surface area contributed by atoms with Crippen molar-refractivity contribution in [3.63, 3.8) is 0 Å². The molecule has 0 fully saturated rings. The molecule has 0 aliphatic carbocycles. The number of esters is 1. The number of carbonyl (C=O) groups is 1. The molecular weight excluding hydrogens is 260 g/mol. The Morgan fingerprint density at radius 2 is 2.35 bits per heavy atom. The predicted molar refractivity (Wildman–Crippen MR) is 67.5 cm³/mol. The molecule has 0 atom stereocenters. The number of unbranched alkanes of at least 4 members (excludes halogenated alkanes) is 1. The van der Waals surface area contributed by atoms with Gasteiger partial charge in [0, 0.05) is 19.2 Å². The molecule has 0 amide bonds. The van der Waals surface area contributed by atoms with Gasteiger partial charge in [0.25, 0.3) is 0 Å². The number of ether oxygens (including phenoxy) is 1. The maximum Gasteiger partial charge on any atom is 0.358 e. The molecule has 2 heterocycles. The summed E-state index contributed by atoms with van der Waals surface area (Å²) in [6.07, 6.45) is 4.72. The van der Waals surface area contributed by atoms with Crippen molar-refractivity contribution >= 4 is 5.97 Å². The number of carbonyl (C=O) groups excluding carboxylic acids is 1. The summed E-state index contributed by atoms with van der Waals surface area (Å²) in [4.78, 5) is 11.3. The van der Waals surface area contributed by atoms with Crippen LogP contribution in [0.1, 0.15) is 29.0 Å². The molecule has 2 aromatic rings. The Morgan fingerprint density at radius 1 is 1.50 bits per heavy atom. The second-order valence-electron chi connectivity index (χ2n) is 4.12. The summed E-state index contributed by atoms with van der Waals surface area (Å²) in [6, 6.07) is 3.67. The van der Waals surface area contributed by atoms with Gasteiger partial charge >= 0.3 is 5.97 Å². The molecule has 2 aromatic heterocycles. The van der Waals surface area contributed by atoms with Crippen LogP contribution in [0.25, 0.3) is 0 Å². The molecule has 8 heteroatoms. The first-order valence-electron chi connectivity index (χ1n) is 6.10. The largest absolute Gasteiger partial charge is 0.464 e. The molecule has 0 spiro atoms. The van der Waals surface area contributed by atoms with E-state index in [0.717, 1.165) is 12.1 Å². The van der Waals surface area contributed by atoms with Crippen LogP contribution >= 0.6 is 0 Å². The highest BCUT2D eigenvalue weighted by Crippen LogP contribution is 2.02. The SMILES string of the molecule is COC(=O)c1ccn(Cc2cn(CCCC#N)nn2)n1. The van der Waals surface area contributed by atoms with Crippen molar-refractivity contribution in [1.82, 2.24) is 24.8 Å². The summed E-state index contributed by atoms with van der Waals surface area (Å²) in [5.41, 5.74) is 0.996. The quantitative estimate of drug-likeness (QED) is 0.565. The zero-order valence-electron chi connectivity index (χ0n) is 11.1. The van der Waals surface area contributed by atoms with Crippen molar-refractivity contribution < 1.29 is 9.53 Å². The third-order valence-corrected chi connectivity index (χ3v) is 2.62. The zero-order chi connectivity index (χ0) is 14.4. The Labute approximate surface area is 115 Å². The number of hydrogen-bond acceptors (Lipinski definition) is 6. The molecule has 0 bridgehead atoms. The monoisotopic (exact) mass is 274 g/mol. The summed E-state index contributed by atoms with van der Waals surface area (Å²) in [5, 5.41) is 20.5. The summed E-state index contributed by atoms with van der Waals surface area (Å²) >= 11 is 0. The van der Waals surface area contributed by atoms with Gasteiger partial charge in [-0.2, -0.15) is 10.4 Å². The van der Waals surface area contributed by atoms with Crippen LogP contribution in [-0.2, 0) is 17.8 Å². The third kappa shape index (κ3) is 3.41. The lowest BCUT2D eigenvalue weighted by Gasteiger charge is -1.97. The fourth-order valence-corrected chi connectivity index (χ4v) is 1.67. The smallest absolute Gasteiger partial charge is 0.358 e. The first-order chi connectivity index (χ1) is 9.72. The molecule has 0 aliphatic heterocycles. The van der Waals surface area contributed by atoms with Crippen LogP contribution in [0.5, 0.6) is 0 Å². The minimum Gasteiger partial charge on any atom is -0.464 e. The summed E-state index contributed by atoms with van der Waals surface area (Å²) in [7, 11) is 1.31. The van der Waals surface area contributed by atoms with E-state index < -0.39 is 5.97 Å². The Bertz CT molecular complexity index is 624. The van der Waals surface area contributed by atoms with E-state index in [4.69, 9.17) is 5.26 Å². The van der Waals surface area contributed by atoms with Crippen LogP contribution in [0.2, 0.25) is 0 Å². The van der Waals surface area contributed by atoms with Gasteiger partial charge in [-0.1, -0.05) is 5.21 Å². The number of rotatable bonds is 6. The van der Waals surface area contributed by atoms with Gasteiger partial charge in [0.15, 0.2) is 5.69 Å². The lowest BCUT2D eigenvalue weighted by atomic mass is 10.3. The van der Waals surface area contributed by atoms with E-state index in [1.165, 1.54) is 7.11 Å². The van der Waals surface area contributed by atoms with E-state index in [9.17, 15) is 4.79 Å². The maximum atomic E-state index is 11.3. The summed E-state index contributed by atoms with van der Waals surface area (Å²) in [6.45, 7) is 1.09. The number of aryl methyl sites for hydroxylation is 1. The molecule has 0 saturated carbocycles. The Balaban J connectivity index is 1.95. The second kappa shape index (κ2) is 6.47. The van der Waals surface area contributed by atoms with Gasteiger partial charge in [0.1, 0.15) is 5.69 Å². The minimum absolute atomic E-state index is 0.258. The van der Waals surface area contributed by atoms with Crippen molar-refractivity contribution in [3.8, 4) is 6.07 Å². The van der Waals surface area contributed by atoms with Gasteiger partial charge in [-0.3, -0.25) is 9.36 Å². The molecule has 0 aliphatic rings. The van der Waals surface area contributed by atoms with Crippen LogP contribution in [0.3, 0.4) is 0 Å². The number of methoxy groups -OCH3 is 1. The van der Waals surface area contributed by atoms with Gasteiger partial charge in [-0.05, 0) is 12.5 Å². The number of hydrogen-bond donors (Lipinski definition) is 0. The molecule has 0 unspecified atom stereocenters. The van der Waals surface area contributed by atoms with Gasteiger partial charge < -0.3 is 4.74 Å². The number of nitrogens with zero attached hydrogens (tertiary/aromatic N) is 6. The van der Waals surface area contributed by atoms with Crippen LogP contribution in [0.15, 0.2) is 18.5 Å². The lowest BCUT2D eigenvalue weighted by molar-refractivity contribution is 0.0593. The molecule has 0 N–H and O–H groups in total. The standard InChI is InChI=1S/C12H14N6O2/c1-20-12(19)11-4-7-17(15-11)8-10-9-18(16-14-10)6-3-2-5-13/h4,7,9H,2-3,6,8H2,1H3. The predicted octanol–water partition coefficient (Wildman–Crippen LogP) is 0.613. The molecule has 8 nitrogen and oxygen atoms in total. The van der Waals surface area contributed by atoms with Crippen LogP contribution in [0.4, 0.5) is 0 Å². The normalized spacial score (nSPS) is 10.2. The Hall–Kier alpha value is -2.69. The van der Waals surface area contributed by atoms with Gasteiger partial charge in [0.05, 0.1) is 25.9 Å². The van der Waals surface area contributed by atoms with Crippen molar-refractivity contribution in [2.24, 2.45) is 0 Å². The molecule has 20 heavy (non-hydrogen) atoms. The second-order valence-corrected chi connectivity index (χ2v) is 4.12. The highest BCUT2D eigenvalue weighted by molar-refractivity contribution is 5.86. The average molecular weight is 274 g/mol. The van der Waals surface area contributed by atoms with Crippen molar-refractivity contribution in [2.45, 2.75) is 25.9 Å². The number of aromatic nitrogens is 5. The molecular formula is C12H14N6O2. The first-order valence-corrected chi connectivity index (χ1v) is 6.10. The number of nitriles is 1. The zero-order valence-corrected chi connectivity index (χ0v) is 11.1. The minimum atomic E-state index is -0.469. The average Bonchev–Trinajstić information content (AvgIpc) is 3.08. The van der Waals surface area contributed by atoms with E-state index >= 15 is 0 Å². The molecule has 0 saturated heterocycles. The van der Waals surface area contributed by atoms with E-state index in [1.807, 2.05) is 0 Å². The Kier molecular flexibility index (Phi) is 4.44. The fourth-order valence-electron chi connectivity index (χ4n) is 1.67. The summed E-state index contributed by atoms with van der Waals surface area (Å²) < 4.78 is 7.87. The van der Waals surface area contributed by atoms with Crippen LogP contribution in [-0.4, -0.2) is 37.9 Å². The van der Waals surface area contributed by atoms with E-state index in [0.29, 0.717) is 19.5 Å². The highest BCUT2D eigenvalue weighted by atomic mass is 16.5. The van der Waals surface area contributed by atoms with Gasteiger partial charge in [-0.15, -0.1) is 5.10 Å². The maximum absolute atomic E-state index is 11.3. The van der Waals surface area contributed by atoms with E-state index in [-0.39, 0.29) is 5.69 Å². The Morgan fingerprint density at radius 3 is 3.10 bits per heavy atom. The van der Waals surface area contributed by atoms with Crippen LogP contribution < -0.4 is 0 Å². The third-order valence-electron chi connectivity index (χ3n) is 2.62. The topological polar surface area (TPSA) is 98.6 Å². The van der Waals surface area contributed by atoms with Gasteiger partial charge in [0.2, 0.25) is 0 Å². The van der Waals surface area contributed by atoms with Gasteiger partial charge in [-0.25, -0.2) is 4.79 Å². The van der Waals surface area contributed by atoms with E-state index in [1.54, 1.807) is 27.8 Å². The fraction of sp³-hybridized carbons (Fsp3) is 0.417. The van der Waals surface area contributed by atoms with Crippen molar-refractivity contribution in [3.05, 3.63) is 29.8 Å². The first kappa shape index (κ1) is 13.7.